The van der Waals surface area contributed by atoms with Gasteiger partial charge in [-0.05, 0) is 51.4 Å². The summed E-state index contributed by atoms with van der Waals surface area (Å²) in [5.41, 5.74) is -0.624. The predicted molar refractivity (Wildman–Crippen MR) is 89.2 cm³/mol. The van der Waals surface area contributed by atoms with Gasteiger partial charge in [-0.3, -0.25) is 4.79 Å². The van der Waals surface area contributed by atoms with Gasteiger partial charge in [0.2, 0.25) is 0 Å². The Morgan fingerprint density at radius 2 is 1.71 bits per heavy atom. The lowest BCUT2D eigenvalue weighted by Gasteiger charge is -2.42. The minimum absolute atomic E-state index is 0.0225. The highest BCUT2D eigenvalue weighted by molar-refractivity contribution is 5.77. The fourth-order valence-electron chi connectivity index (χ4n) is 3.63. The summed E-state index contributed by atoms with van der Waals surface area (Å²) in [5.74, 6) is 0.880. The average Bonchev–Trinajstić information content (AvgIpc) is 2.47. The lowest BCUT2D eigenvalue weighted by atomic mass is 9.74. The van der Waals surface area contributed by atoms with E-state index < -0.39 is 0 Å². The molecule has 2 heteroatoms. The molecule has 0 N–H and O–H groups in total. The molecule has 0 aromatic rings. The summed E-state index contributed by atoms with van der Waals surface area (Å²) in [4.78, 5) is 12.9. The quantitative estimate of drug-likeness (QED) is 0.560. The minimum Gasteiger partial charge on any atom is -0.459 e. The molecule has 0 bridgehead atoms. The highest BCUT2D eigenvalue weighted by atomic mass is 16.6. The van der Waals surface area contributed by atoms with Crippen LogP contribution in [0.4, 0.5) is 0 Å². The number of rotatable bonds is 7. The van der Waals surface area contributed by atoms with Crippen LogP contribution in [0.1, 0.15) is 92.9 Å². The lowest BCUT2D eigenvalue weighted by molar-refractivity contribution is -0.181. The lowest BCUT2D eigenvalue weighted by Crippen LogP contribution is -2.45. The molecule has 1 aliphatic carbocycles. The molecule has 0 amide bonds. The Kier molecular flexibility index (Phi) is 6.74. The maximum absolute atomic E-state index is 12.9. The first-order chi connectivity index (χ1) is 9.80. The number of carbonyl (C=O) groups excluding carboxylic acids is 1. The third-order valence-corrected chi connectivity index (χ3v) is 6.01. The number of ether oxygens (including phenoxy) is 1. The van der Waals surface area contributed by atoms with E-state index in [0.717, 1.165) is 19.3 Å². The van der Waals surface area contributed by atoms with E-state index in [1.165, 1.54) is 32.1 Å². The normalized spacial score (nSPS) is 22.6. The molecule has 1 rings (SSSR count). The van der Waals surface area contributed by atoms with Crippen LogP contribution in [0.15, 0.2) is 0 Å². The zero-order valence-electron chi connectivity index (χ0n) is 15.1. The zero-order valence-corrected chi connectivity index (χ0v) is 15.1. The molecule has 0 spiro atoms. The molecule has 2 atom stereocenters. The van der Waals surface area contributed by atoms with Crippen LogP contribution in [0.3, 0.4) is 0 Å². The predicted octanol–water partition coefficient (Wildman–Crippen LogP) is 5.74. The van der Waals surface area contributed by atoms with Crippen molar-refractivity contribution in [2.75, 3.05) is 0 Å². The van der Waals surface area contributed by atoms with Crippen molar-refractivity contribution in [1.29, 1.82) is 0 Å². The topological polar surface area (TPSA) is 26.3 Å². The Hall–Kier alpha value is -0.530. The fourth-order valence-corrected chi connectivity index (χ4v) is 3.63. The van der Waals surface area contributed by atoms with Gasteiger partial charge >= 0.3 is 5.97 Å². The van der Waals surface area contributed by atoms with Gasteiger partial charge in [-0.2, -0.15) is 0 Å². The van der Waals surface area contributed by atoms with E-state index in [1.54, 1.807) is 0 Å². The molecular weight excluding hydrogens is 260 g/mol. The number of carbonyl (C=O) groups is 1. The third-order valence-electron chi connectivity index (χ3n) is 6.01. The number of hydrogen-bond acceptors (Lipinski definition) is 2. The van der Waals surface area contributed by atoms with Crippen LogP contribution in [-0.2, 0) is 9.53 Å². The molecule has 0 aromatic heterocycles. The van der Waals surface area contributed by atoms with Crippen molar-refractivity contribution in [1.82, 2.24) is 0 Å². The molecule has 2 unspecified atom stereocenters. The van der Waals surface area contributed by atoms with Crippen LogP contribution >= 0.6 is 0 Å². The zero-order chi connectivity index (χ0) is 16.1. The van der Waals surface area contributed by atoms with Crippen molar-refractivity contribution in [3.05, 3.63) is 0 Å². The molecule has 0 heterocycles. The van der Waals surface area contributed by atoms with E-state index in [9.17, 15) is 4.79 Å². The van der Waals surface area contributed by atoms with E-state index in [1.807, 2.05) is 0 Å². The summed E-state index contributed by atoms with van der Waals surface area (Å²) in [6, 6.07) is 0. The van der Waals surface area contributed by atoms with Crippen molar-refractivity contribution < 1.29 is 9.53 Å². The second-order valence-electron chi connectivity index (χ2n) is 7.71. The molecule has 1 saturated carbocycles. The van der Waals surface area contributed by atoms with E-state index in [-0.39, 0.29) is 17.0 Å². The summed E-state index contributed by atoms with van der Waals surface area (Å²) in [6.07, 6.45) is 9.19. The Bertz CT molecular complexity index is 330. The van der Waals surface area contributed by atoms with Crippen LogP contribution in [0.2, 0.25) is 0 Å². The van der Waals surface area contributed by atoms with Gasteiger partial charge in [0.05, 0.1) is 5.41 Å². The Balaban J connectivity index is 2.85. The Morgan fingerprint density at radius 3 is 2.14 bits per heavy atom. The van der Waals surface area contributed by atoms with Crippen LogP contribution in [-0.4, -0.2) is 11.6 Å². The standard InChI is InChI=1S/C19H36O2/c1-7-14-18(5,15(3)4)17(20)21-19(6,8-2)16-12-10-9-11-13-16/h15-16H,7-14H2,1-6H3. The Morgan fingerprint density at radius 1 is 1.14 bits per heavy atom. The summed E-state index contributed by atoms with van der Waals surface area (Å²) in [7, 11) is 0. The van der Waals surface area contributed by atoms with Gasteiger partial charge in [0.15, 0.2) is 0 Å². The van der Waals surface area contributed by atoms with Gasteiger partial charge < -0.3 is 4.74 Å². The largest absolute Gasteiger partial charge is 0.459 e. The van der Waals surface area contributed by atoms with Crippen molar-refractivity contribution in [3.8, 4) is 0 Å². The van der Waals surface area contributed by atoms with Crippen LogP contribution in [0.5, 0.6) is 0 Å². The molecular formula is C19H36O2. The number of hydrogen-bond donors (Lipinski definition) is 0. The van der Waals surface area contributed by atoms with Gasteiger partial charge in [0.1, 0.15) is 5.60 Å². The highest BCUT2D eigenvalue weighted by Gasteiger charge is 2.43. The first-order valence-corrected chi connectivity index (χ1v) is 9.03. The Labute approximate surface area is 132 Å². The molecule has 21 heavy (non-hydrogen) atoms. The van der Waals surface area contributed by atoms with Gasteiger partial charge in [-0.15, -0.1) is 0 Å². The third kappa shape index (κ3) is 4.23. The number of esters is 1. The van der Waals surface area contributed by atoms with Crippen molar-refractivity contribution in [2.45, 2.75) is 98.5 Å². The van der Waals surface area contributed by atoms with Gasteiger partial charge in [-0.25, -0.2) is 0 Å². The minimum atomic E-state index is -0.347. The smallest absolute Gasteiger partial charge is 0.312 e. The van der Waals surface area contributed by atoms with Gasteiger partial charge in [0, 0.05) is 0 Å². The maximum Gasteiger partial charge on any atom is 0.312 e. The van der Waals surface area contributed by atoms with E-state index in [2.05, 4.69) is 41.5 Å². The second kappa shape index (κ2) is 7.65. The second-order valence-corrected chi connectivity index (χ2v) is 7.71. The monoisotopic (exact) mass is 296 g/mol. The van der Waals surface area contributed by atoms with E-state index >= 15 is 0 Å². The summed E-state index contributed by atoms with van der Waals surface area (Å²) < 4.78 is 6.17. The van der Waals surface area contributed by atoms with Gasteiger partial charge in [-0.1, -0.05) is 53.4 Å². The molecule has 1 fully saturated rings. The fraction of sp³-hybridized carbons (Fsp3) is 0.947. The molecule has 2 nitrogen and oxygen atoms in total. The van der Waals surface area contributed by atoms with Crippen molar-refractivity contribution in [3.63, 3.8) is 0 Å². The molecule has 0 saturated heterocycles. The summed E-state index contributed by atoms with van der Waals surface area (Å²) >= 11 is 0. The van der Waals surface area contributed by atoms with Crippen LogP contribution in [0.25, 0.3) is 0 Å². The van der Waals surface area contributed by atoms with E-state index in [4.69, 9.17) is 4.74 Å². The van der Waals surface area contributed by atoms with Crippen molar-refractivity contribution in [2.24, 2.45) is 17.3 Å². The summed E-state index contributed by atoms with van der Waals surface area (Å²) in [5, 5.41) is 0. The van der Waals surface area contributed by atoms with Gasteiger partial charge in [0.25, 0.3) is 0 Å². The molecule has 0 aliphatic heterocycles. The van der Waals surface area contributed by atoms with Crippen molar-refractivity contribution >= 4 is 5.97 Å². The molecule has 0 radical (unpaired) electrons. The van der Waals surface area contributed by atoms with Crippen LogP contribution < -0.4 is 0 Å². The maximum atomic E-state index is 12.9. The summed E-state index contributed by atoms with van der Waals surface area (Å²) in [6.45, 7) is 12.8. The highest BCUT2D eigenvalue weighted by Crippen LogP contribution is 2.41. The average molecular weight is 296 g/mol. The first kappa shape index (κ1) is 18.5. The van der Waals surface area contributed by atoms with Crippen LogP contribution in [0, 0.1) is 17.3 Å². The van der Waals surface area contributed by atoms with E-state index in [0.29, 0.717) is 11.8 Å². The molecule has 124 valence electrons. The SMILES string of the molecule is CCCC(C)(C(=O)OC(C)(CC)C1CCCCC1)C(C)C. The molecule has 1 aliphatic rings. The molecule has 0 aromatic carbocycles. The first-order valence-electron chi connectivity index (χ1n) is 9.03.